The fourth-order valence-electron chi connectivity index (χ4n) is 9.71. The molecule has 50 heavy (non-hydrogen) atoms. The molecule has 0 radical (unpaired) electrons. The van der Waals surface area contributed by atoms with Crippen LogP contribution in [-0.2, 0) is 37.2 Å². The molecule has 2 atom stereocenters. The van der Waals surface area contributed by atoms with Gasteiger partial charge >= 0.3 is 308 Å². The Balaban J connectivity index is 1.31. The van der Waals surface area contributed by atoms with Gasteiger partial charge in [-0.05, 0) is 0 Å². The molecule has 1 aliphatic heterocycles. The Morgan fingerprint density at radius 1 is 0.520 bits per heavy atom. The van der Waals surface area contributed by atoms with Crippen LogP contribution in [0.2, 0.25) is 9.36 Å². The van der Waals surface area contributed by atoms with Gasteiger partial charge in [-0.15, -0.1) is 0 Å². The third-order valence-corrected chi connectivity index (χ3v) is 27.6. The molecule has 3 aliphatic rings. The van der Waals surface area contributed by atoms with Gasteiger partial charge in [0.25, 0.3) is 0 Å². The summed E-state index contributed by atoms with van der Waals surface area (Å²) >= 11 is -3.21. The average Bonchev–Trinajstić information content (AvgIpc) is 3.70. The maximum atomic E-state index is 2.77. The Morgan fingerprint density at radius 2 is 0.940 bits per heavy atom. The van der Waals surface area contributed by atoms with E-state index in [1.807, 2.05) is 0 Å². The van der Waals surface area contributed by atoms with Crippen molar-refractivity contribution in [3.63, 3.8) is 0 Å². The van der Waals surface area contributed by atoms with Crippen LogP contribution in [0.25, 0.3) is 34.4 Å². The standard InChI is InChI=1S/C47H46.2CH3.Hf/c1-45(2,3)37-23-19-33(20-24-37)41-17-11-15-35-27-39(29-43(35)41)47(7,31-32-13-9-8-10-14-32)40-28-36-16-12-18-42(44(36)30-40)34-21-25-38(26-22-34)46(4,5)6;;;/h8-30H,31H2,1-7H3;2*1H3;. The van der Waals surface area contributed by atoms with Crippen molar-refractivity contribution in [2.75, 3.05) is 0 Å². The van der Waals surface area contributed by atoms with Crippen molar-refractivity contribution in [2.24, 2.45) is 5.41 Å². The Hall–Kier alpha value is -3.55. The van der Waals surface area contributed by atoms with Gasteiger partial charge in [0.1, 0.15) is 0 Å². The molecular formula is C49H52Hf. The van der Waals surface area contributed by atoms with E-state index in [1.165, 1.54) is 50.1 Å². The molecule has 5 aromatic carbocycles. The molecule has 8 rings (SSSR count). The van der Waals surface area contributed by atoms with Crippen LogP contribution < -0.4 is 0 Å². The van der Waals surface area contributed by atoms with Crippen LogP contribution in [0.15, 0.2) is 126 Å². The molecular weight excluding hydrogens is 767 g/mol. The third-order valence-electron chi connectivity index (χ3n) is 12.4. The number of benzene rings is 5. The Morgan fingerprint density at radius 3 is 1.34 bits per heavy atom. The summed E-state index contributed by atoms with van der Waals surface area (Å²) < 4.78 is 6.63. The van der Waals surface area contributed by atoms with Gasteiger partial charge in [-0.25, -0.2) is 0 Å². The minimum absolute atomic E-state index is 0.0784. The van der Waals surface area contributed by atoms with Crippen molar-refractivity contribution in [3.8, 4) is 22.3 Å². The molecule has 0 N–H and O–H groups in total. The first-order valence-corrected chi connectivity index (χ1v) is 30.0. The van der Waals surface area contributed by atoms with Crippen LogP contribution in [0.4, 0.5) is 0 Å². The summed E-state index contributed by atoms with van der Waals surface area (Å²) in [7, 11) is 0. The van der Waals surface area contributed by atoms with Gasteiger partial charge in [-0.1, -0.05) is 0 Å². The summed E-state index contributed by atoms with van der Waals surface area (Å²) in [4.78, 5) is 0. The minimum atomic E-state index is -3.21. The van der Waals surface area contributed by atoms with Gasteiger partial charge in [0.15, 0.2) is 0 Å². The summed E-state index contributed by atoms with van der Waals surface area (Å²) in [6, 6.07) is 44.5. The van der Waals surface area contributed by atoms with Crippen molar-refractivity contribution in [1.29, 1.82) is 0 Å². The fourth-order valence-corrected chi connectivity index (χ4v) is 27.1. The van der Waals surface area contributed by atoms with Crippen LogP contribution >= 0.6 is 0 Å². The number of hydrogen-bond donors (Lipinski definition) is 0. The van der Waals surface area contributed by atoms with Crippen molar-refractivity contribution < 1.29 is 20.0 Å². The topological polar surface area (TPSA) is 0 Å². The van der Waals surface area contributed by atoms with Crippen molar-refractivity contribution in [2.45, 2.75) is 82.4 Å². The zero-order valence-corrected chi connectivity index (χ0v) is 35.1. The fraction of sp³-hybridized carbons (Fsp3) is 0.306. The molecule has 1 heterocycles. The average molecular weight is 819 g/mol. The summed E-state index contributed by atoms with van der Waals surface area (Å²) in [5.41, 5.74) is 19.3. The van der Waals surface area contributed by atoms with Gasteiger partial charge in [0.2, 0.25) is 0 Å². The van der Waals surface area contributed by atoms with E-state index < -0.39 is 20.0 Å². The normalized spacial score (nSPS) is 21.9. The quantitative estimate of drug-likeness (QED) is 0.159. The number of allylic oxidation sites excluding steroid dienone is 2. The van der Waals surface area contributed by atoms with E-state index in [-0.39, 0.29) is 16.2 Å². The molecule has 2 aliphatic carbocycles. The predicted octanol–water partition coefficient (Wildman–Crippen LogP) is 13.7. The Kier molecular flexibility index (Phi) is 7.89. The Bertz CT molecular complexity index is 2030. The van der Waals surface area contributed by atoms with Gasteiger partial charge < -0.3 is 0 Å². The molecule has 2 unspecified atom stereocenters. The van der Waals surface area contributed by atoms with E-state index in [2.05, 4.69) is 185 Å². The van der Waals surface area contributed by atoms with Gasteiger partial charge in [0.05, 0.1) is 0 Å². The monoisotopic (exact) mass is 820 g/mol. The number of rotatable bonds is 4. The van der Waals surface area contributed by atoms with E-state index in [9.17, 15) is 0 Å². The molecule has 0 aromatic heterocycles. The zero-order chi connectivity index (χ0) is 35.2. The summed E-state index contributed by atoms with van der Waals surface area (Å²) in [6.07, 6.45) is 6.36. The van der Waals surface area contributed by atoms with E-state index in [0.717, 1.165) is 6.42 Å². The first kappa shape index (κ1) is 33.6. The number of hydrogen-bond acceptors (Lipinski definition) is 0. The molecule has 0 bridgehead atoms. The van der Waals surface area contributed by atoms with Crippen molar-refractivity contribution in [3.05, 3.63) is 165 Å². The first-order valence-electron chi connectivity index (χ1n) is 18.6. The van der Waals surface area contributed by atoms with E-state index in [0.29, 0.717) is 7.35 Å². The molecule has 0 saturated carbocycles. The Labute approximate surface area is 305 Å². The maximum absolute atomic E-state index is 3.21. The second-order valence-electron chi connectivity index (χ2n) is 18.2. The molecule has 0 nitrogen and oxygen atoms in total. The van der Waals surface area contributed by atoms with Crippen LogP contribution in [0.3, 0.4) is 0 Å². The van der Waals surface area contributed by atoms with E-state index in [4.69, 9.17) is 0 Å². The summed E-state index contributed by atoms with van der Waals surface area (Å²) in [5, 5.41) is 0. The molecule has 5 aromatic rings. The van der Waals surface area contributed by atoms with Gasteiger partial charge in [-0.2, -0.15) is 0 Å². The molecule has 1 heteroatoms. The molecule has 0 spiro atoms. The van der Waals surface area contributed by atoms with Crippen LogP contribution in [0.5, 0.6) is 0 Å². The van der Waals surface area contributed by atoms with E-state index in [1.54, 1.807) is 22.3 Å². The van der Waals surface area contributed by atoms with Gasteiger partial charge in [0, 0.05) is 0 Å². The van der Waals surface area contributed by atoms with E-state index >= 15 is 0 Å². The molecule has 1 fully saturated rings. The van der Waals surface area contributed by atoms with Crippen LogP contribution in [0, 0.1) is 5.41 Å². The van der Waals surface area contributed by atoms with Crippen molar-refractivity contribution in [1.82, 2.24) is 0 Å². The third kappa shape index (κ3) is 5.33. The molecule has 252 valence electrons. The number of fused-ring (bicyclic) bond motifs is 6. The van der Waals surface area contributed by atoms with Crippen molar-refractivity contribution >= 4 is 12.2 Å². The molecule has 1 saturated heterocycles. The second-order valence-corrected chi connectivity index (χ2v) is 35.4. The summed E-state index contributed by atoms with van der Waals surface area (Å²) in [5.74, 6) is 0. The zero-order valence-electron chi connectivity index (χ0n) is 31.5. The molecule has 0 amide bonds. The first-order chi connectivity index (χ1) is 23.7. The summed E-state index contributed by atoms with van der Waals surface area (Å²) in [6.45, 7) is 16.4. The van der Waals surface area contributed by atoms with Crippen LogP contribution in [-0.4, -0.2) is 0 Å². The van der Waals surface area contributed by atoms with Crippen LogP contribution in [0.1, 0.15) is 94.8 Å². The SMILES string of the molecule is CC1(Cc2ccccc2)C2=Cc3c(-c4ccc(C(C)(C)C)cc4)cccc3[CH]2[Hf]([CH3])([CH3])[CH]2C1=Cc1c(-c3ccc(C(C)(C)C)cc3)cccc12. The second kappa shape index (κ2) is 11.7. The van der Waals surface area contributed by atoms with Gasteiger partial charge in [-0.3, -0.25) is 0 Å². The predicted molar refractivity (Wildman–Crippen MR) is 213 cm³/mol.